The van der Waals surface area contributed by atoms with Gasteiger partial charge in [0.25, 0.3) is 10.2 Å². The van der Waals surface area contributed by atoms with Gasteiger partial charge < -0.3 is 5.32 Å². The van der Waals surface area contributed by atoms with Crippen LogP contribution in [-0.2, 0) is 15.0 Å². The van der Waals surface area contributed by atoms with E-state index in [-0.39, 0.29) is 5.91 Å². The number of amides is 1. The van der Waals surface area contributed by atoms with E-state index < -0.39 is 10.2 Å². The van der Waals surface area contributed by atoms with E-state index in [1.807, 2.05) is 0 Å². The van der Waals surface area contributed by atoms with Crippen LogP contribution in [0.2, 0.25) is 0 Å². The third-order valence-electron chi connectivity index (χ3n) is 0.674. The summed E-state index contributed by atoms with van der Waals surface area (Å²) >= 11 is 0. The monoisotopic (exact) mass is 167 g/mol. The van der Waals surface area contributed by atoms with Crippen molar-refractivity contribution in [2.45, 2.75) is 6.42 Å². The SMILES string of the molecule is NS(N)(=O)=O.O=C1CCN1. The van der Waals surface area contributed by atoms with Crippen molar-refractivity contribution in [3.05, 3.63) is 0 Å². The van der Waals surface area contributed by atoms with Crippen molar-refractivity contribution in [1.29, 1.82) is 0 Å². The van der Waals surface area contributed by atoms with E-state index >= 15 is 0 Å². The van der Waals surface area contributed by atoms with Crippen molar-refractivity contribution in [2.24, 2.45) is 10.3 Å². The summed E-state index contributed by atoms with van der Waals surface area (Å²) in [4.78, 5) is 9.79. The Morgan fingerprint density at radius 1 is 1.40 bits per heavy atom. The van der Waals surface area contributed by atoms with Crippen LogP contribution < -0.4 is 15.6 Å². The Labute approximate surface area is 58.8 Å². The molecule has 0 spiro atoms. The van der Waals surface area contributed by atoms with Gasteiger partial charge in [0, 0.05) is 13.0 Å². The lowest BCUT2D eigenvalue weighted by atomic mass is 10.3. The van der Waals surface area contributed by atoms with Gasteiger partial charge in [-0.2, -0.15) is 8.42 Å². The summed E-state index contributed by atoms with van der Waals surface area (Å²) in [7, 11) is -3.67. The Morgan fingerprint density at radius 3 is 1.60 bits per heavy atom. The summed E-state index contributed by atoms with van der Waals surface area (Å²) in [6, 6.07) is 0. The standard InChI is InChI=1S/C3H5NO.H4N2O2S/c5-3-1-2-4-3;1-5(2,3)4/h1-2H2,(H,4,5);(H4,1,2,3,4). The zero-order valence-corrected chi connectivity index (χ0v) is 6.02. The lowest BCUT2D eigenvalue weighted by Gasteiger charge is -2.10. The molecule has 1 amide bonds. The second-order valence-corrected chi connectivity index (χ2v) is 2.87. The van der Waals surface area contributed by atoms with Gasteiger partial charge in [-0.1, -0.05) is 0 Å². The fourth-order valence-corrected chi connectivity index (χ4v) is 0.227. The molecule has 0 bridgehead atoms. The number of hydrogen-bond donors (Lipinski definition) is 3. The molecule has 1 aliphatic heterocycles. The van der Waals surface area contributed by atoms with Gasteiger partial charge in [-0.3, -0.25) is 4.79 Å². The minimum atomic E-state index is -3.67. The number of nitrogens with two attached hydrogens (primary N) is 2. The van der Waals surface area contributed by atoms with Crippen LogP contribution in [0.4, 0.5) is 0 Å². The number of rotatable bonds is 0. The second-order valence-electron chi connectivity index (χ2n) is 1.69. The molecule has 1 fully saturated rings. The third kappa shape index (κ3) is 10.3. The topological polar surface area (TPSA) is 115 Å². The Morgan fingerprint density at radius 2 is 1.60 bits per heavy atom. The maximum atomic E-state index is 9.79. The first-order valence-corrected chi connectivity index (χ1v) is 4.08. The van der Waals surface area contributed by atoms with Gasteiger partial charge in [0.15, 0.2) is 0 Å². The summed E-state index contributed by atoms with van der Waals surface area (Å²) in [6.45, 7) is 0.888. The Bertz CT molecular complexity index is 195. The molecule has 0 atom stereocenters. The largest absolute Gasteiger partial charge is 0.356 e. The average molecular weight is 167 g/mol. The maximum Gasteiger partial charge on any atom is 0.271 e. The summed E-state index contributed by atoms with van der Waals surface area (Å²) in [6.07, 6.45) is 0.736. The van der Waals surface area contributed by atoms with Crippen molar-refractivity contribution in [3.63, 3.8) is 0 Å². The summed E-state index contributed by atoms with van der Waals surface area (Å²) in [5.74, 6) is 0.185. The first-order valence-electron chi connectivity index (χ1n) is 2.47. The number of carbonyl (C=O) groups is 1. The van der Waals surface area contributed by atoms with Crippen molar-refractivity contribution in [2.75, 3.05) is 6.54 Å². The Kier molecular flexibility index (Phi) is 3.26. The molecule has 0 aromatic carbocycles. The zero-order valence-electron chi connectivity index (χ0n) is 5.20. The molecule has 1 rings (SSSR count). The summed E-state index contributed by atoms with van der Waals surface area (Å²) in [5.41, 5.74) is 0. The molecular formula is C3H9N3O3S. The Balaban J connectivity index is 0.000000162. The number of hydrogen-bond acceptors (Lipinski definition) is 3. The maximum absolute atomic E-state index is 9.79. The lowest BCUT2D eigenvalue weighted by Crippen LogP contribution is -2.37. The van der Waals surface area contributed by atoms with Crippen LogP contribution >= 0.6 is 0 Å². The van der Waals surface area contributed by atoms with Gasteiger partial charge >= 0.3 is 0 Å². The van der Waals surface area contributed by atoms with Crippen LogP contribution in [-0.4, -0.2) is 20.9 Å². The third-order valence-corrected chi connectivity index (χ3v) is 0.674. The molecule has 6 nitrogen and oxygen atoms in total. The quantitative estimate of drug-likeness (QED) is 0.351. The number of β-lactam (4-membered cyclic amide) rings is 1. The van der Waals surface area contributed by atoms with Gasteiger partial charge in [0.1, 0.15) is 0 Å². The molecule has 0 aromatic rings. The van der Waals surface area contributed by atoms with Crippen LogP contribution in [0.3, 0.4) is 0 Å². The van der Waals surface area contributed by atoms with E-state index in [4.69, 9.17) is 0 Å². The summed E-state index contributed by atoms with van der Waals surface area (Å²) < 4.78 is 18.4. The molecule has 1 heterocycles. The number of nitrogens with one attached hydrogen (secondary N) is 1. The van der Waals surface area contributed by atoms with E-state index in [1.54, 1.807) is 0 Å². The molecule has 1 aliphatic rings. The molecule has 0 unspecified atom stereocenters. The highest BCUT2D eigenvalue weighted by Crippen LogP contribution is 1.85. The predicted octanol–water partition coefficient (Wildman–Crippen LogP) is -2.35. The second kappa shape index (κ2) is 3.49. The molecule has 10 heavy (non-hydrogen) atoms. The van der Waals surface area contributed by atoms with Gasteiger partial charge in [-0.15, -0.1) is 0 Å². The van der Waals surface area contributed by atoms with E-state index in [9.17, 15) is 13.2 Å². The summed E-state index contributed by atoms with van der Waals surface area (Å²) in [5, 5.41) is 10.8. The molecule has 60 valence electrons. The van der Waals surface area contributed by atoms with E-state index in [2.05, 4.69) is 15.6 Å². The molecule has 0 saturated carbocycles. The van der Waals surface area contributed by atoms with Crippen molar-refractivity contribution in [3.8, 4) is 0 Å². The average Bonchev–Trinajstić information content (AvgIpc) is 1.56. The van der Waals surface area contributed by atoms with E-state index in [0.717, 1.165) is 13.0 Å². The normalized spacial score (nSPS) is 16.0. The minimum Gasteiger partial charge on any atom is -0.356 e. The minimum absolute atomic E-state index is 0.185. The van der Waals surface area contributed by atoms with E-state index in [1.165, 1.54) is 0 Å². The first kappa shape index (κ1) is 9.34. The molecule has 0 aromatic heterocycles. The first-order chi connectivity index (χ1) is 4.39. The van der Waals surface area contributed by atoms with Gasteiger partial charge in [0.2, 0.25) is 5.91 Å². The Hall–Kier alpha value is -0.660. The molecule has 7 heteroatoms. The highest BCUT2D eigenvalue weighted by atomic mass is 32.2. The van der Waals surface area contributed by atoms with Crippen molar-refractivity contribution < 1.29 is 13.2 Å². The molecule has 1 saturated heterocycles. The predicted molar refractivity (Wildman–Crippen MR) is 34.9 cm³/mol. The smallest absolute Gasteiger partial charge is 0.271 e. The zero-order chi connectivity index (χ0) is 8.20. The van der Waals surface area contributed by atoms with Crippen molar-refractivity contribution in [1.82, 2.24) is 5.32 Å². The highest BCUT2D eigenvalue weighted by Gasteiger charge is 2.07. The van der Waals surface area contributed by atoms with Gasteiger partial charge in [-0.05, 0) is 0 Å². The fraction of sp³-hybridized carbons (Fsp3) is 0.667. The molecular weight excluding hydrogens is 158 g/mol. The van der Waals surface area contributed by atoms with Crippen LogP contribution in [0.15, 0.2) is 0 Å². The molecule has 5 N–H and O–H groups in total. The molecule has 0 aliphatic carbocycles. The van der Waals surface area contributed by atoms with Crippen LogP contribution in [0.25, 0.3) is 0 Å². The van der Waals surface area contributed by atoms with Crippen LogP contribution in [0.5, 0.6) is 0 Å². The molecule has 0 radical (unpaired) electrons. The van der Waals surface area contributed by atoms with Crippen LogP contribution in [0.1, 0.15) is 6.42 Å². The van der Waals surface area contributed by atoms with Crippen LogP contribution in [0, 0.1) is 0 Å². The van der Waals surface area contributed by atoms with Crippen molar-refractivity contribution >= 4 is 16.1 Å². The van der Waals surface area contributed by atoms with Gasteiger partial charge in [0.05, 0.1) is 0 Å². The van der Waals surface area contributed by atoms with Gasteiger partial charge in [-0.25, -0.2) is 10.3 Å². The number of carbonyl (C=O) groups excluding carboxylic acids is 1. The fourth-order valence-electron chi connectivity index (χ4n) is 0.227. The highest BCUT2D eigenvalue weighted by molar-refractivity contribution is 7.86. The van der Waals surface area contributed by atoms with E-state index in [0.29, 0.717) is 0 Å². The lowest BCUT2D eigenvalue weighted by molar-refractivity contribution is -0.125.